The Morgan fingerprint density at radius 1 is 1.15 bits per heavy atom. The van der Waals surface area contributed by atoms with Gasteiger partial charge in [-0.05, 0) is 35.9 Å². The number of hydrogen-bond acceptors (Lipinski definition) is 2. The number of hydrogen-bond donors (Lipinski definition) is 1. The summed E-state index contributed by atoms with van der Waals surface area (Å²) >= 11 is 12.1. The van der Waals surface area contributed by atoms with E-state index < -0.39 is 23.6 Å². The molecule has 4 nitrogen and oxygen atoms in total. The van der Waals surface area contributed by atoms with Crippen LogP contribution in [0, 0.1) is 0 Å². The smallest absolute Gasteiger partial charge is 0.323 e. The monoisotopic (exact) mass is 402 g/mol. The van der Waals surface area contributed by atoms with E-state index in [1.807, 2.05) is 0 Å². The summed E-state index contributed by atoms with van der Waals surface area (Å²) in [5.41, 5.74) is -0.416. The van der Waals surface area contributed by atoms with Crippen molar-refractivity contribution in [2.75, 3.05) is 16.8 Å². The molecule has 0 fully saturated rings. The summed E-state index contributed by atoms with van der Waals surface area (Å²) in [6.07, 6.45) is -4.75. The Morgan fingerprint density at radius 3 is 2.42 bits per heavy atom. The molecule has 2 aromatic carbocycles. The maximum absolute atomic E-state index is 12.9. The van der Waals surface area contributed by atoms with Crippen LogP contribution in [0.4, 0.5) is 24.5 Å². The molecule has 0 aromatic heterocycles. The fourth-order valence-corrected chi connectivity index (χ4v) is 3.17. The number of benzene rings is 2. The molecule has 0 saturated carbocycles. The molecule has 0 unspecified atom stereocenters. The van der Waals surface area contributed by atoms with Gasteiger partial charge in [0.15, 0.2) is 0 Å². The number of nitrogens with zero attached hydrogens (tertiary/aromatic N) is 1. The summed E-state index contributed by atoms with van der Waals surface area (Å²) in [5, 5.41) is 2.94. The number of rotatable bonds is 2. The highest BCUT2D eigenvalue weighted by molar-refractivity contribution is 6.36. The van der Waals surface area contributed by atoms with Crippen LogP contribution in [0.2, 0.25) is 10.0 Å². The van der Waals surface area contributed by atoms with E-state index >= 15 is 0 Å². The Balaban J connectivity index is 1.94. The third kappa shape index (κ3) is 3.64. The zero-order valence-corrected chi connectivity index (χ0v) is 14.5. The molecule has 2 aromatic rings. The van der Waals surface area contributed by atoms with Crippen LogP contribution in [0.1, 0.15) is 11.1 Å². The SMILES string of the molecule is O=C1CN(C(=O)Cc2c(Cl)cccc2Cl)c2ccc(C(F)(F)F)cc2N1. The Bertz CT molecular complexity index is 880. The van der Waals surface area contributed by atoms with Gasteiger partial charge in [-0.15, -0.1) is 0 Å². The van der Waals surface area contributed by atoms with E-state index in [2.05, 4.69) is 5.32 Å². The van der Waals surface area contributed by atoms with E-state index in [1.165, 1.54) is 0 Å². The highest BCUT2D eigenvalue weighted by atomic mass is 35.5. The predicted octanol–water partition coefficient (Wildman–Crippen LogP) is 4.54. The van der Waals surface area contributed by atoms with Crippen molar-refractivity contribution >= 4 is 46.4 Å². The van der Waals surface area contributed by atoms with Crippen molar-refractivity contribution in [3.05, 3.63) is 57.6 Å². The molecule has 1 heterocycles. The lowest BCUT2D eigenvalue weighted by Gasteiger charge is -2.30. The lowest BCUT2D eigenvalue weighted by molar-refractivity contribution is -0.137. The van der Waals surface area contributed by atoms with Gasteiger partial charge in [0, 0.05) is 10.0 Å². The molecule has 2 amide bonds. The maximum Gasteiger partial charge on any atom is 0.416 e. The molecule has 0 atom stereocenters. The van der Waals surface area contributed by atoms with Gasteiger partial charge in [0.1, 0.15) is 6.54 Å². The molecular formula is C17H11Cl2F3N2O2. The van der Waals surface area contributed by atoms with Gasteiger partial charge in [0.05, 0.1) is 23.4 Å². The van der Waals surface area contributed by atoms with E-state index in [1.54, 1.807) is 18.2 Å². The van der Waals surface area contributed by atoms with Crippen molar-refractivity contribution < 1.29 is 22.8 Å². The van der Waals surface area contributed by atoms with E-state index in [0.717, 1.165) is 23.1 Å². The first-order chi connectivity index (χ1) is 12.2. The third-order valence-electron chi connectivity index (χ3n) is 3.88. The van der Waals surface area contributed by atoms with Gasteiger partial charge < -0.3 is 10.2 Å². The minimum atomic E-state index is -4.56. The van der Waals surface area contributed by atoms with Crippen LogP contribution in [0.25, 0.3) is 0 Å². The molecule has 0 aliphatic carbocycles. The molecule has 0 spiro atoms. The standard InChI is InChI=1S/C17H11Cl2F3N2O2/c18-11-2-1-3-12(19)10(11)7-16(26)24-8-15(25)23-13-6-9(17(20,21)22)4-5-14(13)24/h1-6H,7-8H2,(H,23,25). The maximum atomic E-state index is 12.9. The number of fused-ring (bicyclic) bond motifs is 1. The van der Waals surface area contributed by atoms with Gasteiger partial charge in [0.25, 0.3) is 0 Å². The van der Waals surface area contributed by atoms with Gasteiger partial charge in [-0.2, -0.15) is 13.2 Å². The van der Waals surface area contributed by atoms with Crippen LogP contribution < -0.4 is 10.2 Å². The van der Waals surface area contributed by atoms with E-state index in [-0.39, 0.29) is 24.3 Å². The minimum Gasteiger partial charge on any atom is -0.323 e. The summed E-state index contributed by atoms with van der Waals surface area (Å²) in [5.74, 6) is -1.09. The molecule has 0 saturated heterocycles. The minimum absolute atomic E-state index is 0.0744. The normalized spacial score (nSPS) is 14.0. The largest absolute Gasteiger partial charge is 0.416 e. The summed E-state index contributed by atoms with van der Waals surface area (Å²) in [6.45, 7) is -0.306. The molecule has 1 aliphatic rings. The van der Waals surface area contributed by atoms with Crippen molar-refractivity contribution in [3.63, 3.8) is 0 Å². The van der Waals surface area contributed by atoms with Gasteiger partial charge in [0.2, 0.25) is 11.8 Å². The fourth-order valence-electron chi connectivity index (χ4n) is 2.64. The van der Waals surface area contributed by atoms with Crippen molar-refractivity contribution in [3.8, 4) is 0 Å². The van der Waals surface area contributed by atoms with E-state index in [9.17, 15) is 22.8 Å². The highest BCUT2D eigenvalue weighted by Crippen LogP contribution is 2.37. The number of anilines is 2. The van der Waals surface area contributed by atoms with Crippen LogP contribution in [0.5, 0.6) is 0 Å². The molecule has 1 aliphatic heterocycles. The molecule has 0 bridgehead atoms. The zero-order valence-electron chi connectivity index (χ0n) is 13.0. The van der Waals surface area contributed by atoms with Crippen molar-refractivity contribution in [1.29, 1.82) is 0 Å². The Kier molecular flexibility index (Phi) is 4.86. The molecule has 136 valence electrons. The highest BCUT2D eigenvalue weighted by Gasteiger charge is 2.34. The number of carbonyl (C=O) groups excluding carboxylic acids is 2. The number of carbonyl (C=O) groups is 2. The average molecular weight is 403 g/mol. The van der Waals surface area contributed by atoms with Gasteiger partial charge in [-0.1, -0.05) is 29.3 Å². The molecule has 0 radical (unpaired) electrons. The summed E-state index contributed by atoms with van der Waals surface area (Å²) < 4.78 is 38.6. The second-order valence-electron chi connectivity index (χ2n) is 5.63. The summed E-state index contributed by atoms with van der Waals surface area (Å²) in [6, 6.07) is 7.59. The first kappa shape index (κ1) is 18.5. The molecular weight excluding hydrogens is 392 g/mol. The van der Waals surface area contributed by atoms with Crippen molar-refractivity contribution in [2.24, 2.45) is 0 Å². The van der Waals surface area contributed by atoms with Gasteiger partial charge in [-0.3, -0.25) is 9.59 Å². The predicted molar refractivity (Wildman–Crippen MR) is 92.6 cm³/mol. The molecule has 3 rings (SSSR count). The molecule has 9 heteroatoms. The number of halogens is 5. The molecule has 1 N–H and O–H groups in total. The van der Waals surface area contributed by atoms with Crippen LogP contribution in [0.15, 0.2) is 36.4 Å². The lowest BCUT2D eigenvalue weighted by Crippen LogP contribution is -2.43. The molecule has 26 heavy (non-hydrogen) atoms. The second-order valence-corrected chi connectivity index (χ2v) is 6.45. The quantitative estimate of drug-likeness (QED) is 0.801. The summed E-state index contributed by atoms with van der Waals surface area (Å²) in [4.78, 5) is 25.6. The van der Waals surface area contributed by atoms with Crippen LogP contribution in [-0.4, -0.2) is 18.4 Å². The van der Waals surface area contributed by atoms with Crippen molar-refractivity contribution in [2.45, 2.75) is 12.6 Å². The van der Waals surface area contributed by atoms with Gasteiger partial charge in [-0.25, -0.2) is 0 Å². The first-order valence-corrected chi connectivity index (χ1v) is 8.17. The Labute approximate surface area is 156 Å². The Morgan fingerprint density at radius 2 is 1.81 bits per heavy atom. The fraction of sp³-hybridized carbons (Fsp3) is 0.176. The summed E-state index contributed by atoms with van der Waals surface area (Å²) in [7, 11) is 0. The second kappa shape index (κ2) is 6.81. The topological polar surface area (TPSA) is 49.4 Å². The lowest BCUT2D eigenvalue weighted by atomic mass is 10.1. The van der Waals surface area contributed by atoms with Crippen molar-refractivity contribution in [1.82, 2.24) is 0 Å². The van der Waals surface area contributed by atoms with Gasteiger partial charge >= 0.3 is 6.18 Å². The first-order valence-electron chi connectivity index (χ1n) is 7.41. The van der Waals surface area contributed by atoms with Crippen LogP contribution in [-0.2, 0) is 22.2 Å². The van der Waals surface area contributed by atoms with E-state index in [4.69, 9.17) is 23.2 Å². The average Bonchev–Trinajstić information content (AvgIpc) is 2.56. The van der Waals surface area contributed by atoms with Crippen LogP contribution in [0.3, 0.4) is 0 Å². The van der Waals surface area contributed by atoms with Crippen LogP contribution >= 0.6 is 23.2 Å². The zero-order chi connectivity index (χ0) is 19.1. The third-order valence-corrected chi connectivity index (χ3v) is 4.59. The number of alkyl halides is 3. The van der Waals surface area contributed by atoms with E-state index in [0.29, 0.717) is 15.6 Å². The Hall–Kier alpha value is -2.25. The number of amides is 2. The number of nitrogens with one attached hydrogen (secondary N) is 1.